The third-order valence-corrected chi connectivity index (χ3v) is 5.74. The van der Waals surface area contributed by atoms with Gasteiger partial charge in [-0.3, -0.25) is 9.89 Å². The van der Waals surface area contributed by atoms with Gasteiger partial charge in [0.2, 0.25) is 0 Å². The lowest BCUT2D eigenvalue weighted by molar-refractivity contribution is 0.0946. The Balaban J connectivity index is 1.68. The van der Waals surface area contributed by atoms with Crippen molar-refractivity contribution in [1.82, 2.24) is 20.1 Å². The zero-order valence-corrected chi connectivity index (χ0v) is 17.8. The molecule has 1 amide bonds. The first-order valence-electron chi connectivity index (χ1n) is 9.14. The highest BCUT2D eigenvalue weighted by molar-refractivity contribution is 7.98. The Hall–Kier alpha value is -2.89. The van der Waals surface area contributed by atoms with Gasteiger partial charge >= 0.3 is 0 Å². The van der Waals surface area contributed by atoms with Crippen molar-refractivity contribution in [3.63, 3.8) is 0 Å². The number of aromatic nitrogens is 3. The molecule has 29 heavy (non-hydrogen) atoms. The van der Waals surface area contributed by atoms with E-state index >= 15 is 0 Å². The van der Waals surface area contributed by atoms with Crippen LogP contribution in [0.4, 0.5) is 0 Å². The number of nitriles is 1. The zero-order valence-electron chi connectivity index (χ0n) is 16.2. The number of nitrogens with zero attached hydrogens (tertiary/aromatic N) is 3. The molecule has 1 aromatic heterocycles. The summed E-state index contributed by atoms with van der Waals surface area (Å²) in [5, 5.41) is 18.8. The maximum absolute atomic E-state index is 12.8. The lowest BCUT2D eigenvalue weighted by atomic mass is 10.2. The van der Waals surface area contributed by atoms with Crippen molar-refractivity contribution in [2.75, 3.05) is 0 Å². The third kappa shape index (κ3) is 5.13. The van der Waals surface area contributed by atoms with Crippen LogP contribution in [0.5, 0.6) is 0 Å². The van der Waals surface area contributed by atoms with E-state index in [1.807, 2.05) is 54.8 Å². The molecule has 1 heterocycles. The van der Waals surface area contributed by atoms with E-state index in [9.17, 15) is 4.79 Å². The van der Waals surface area contributed by atoms with Gasteiger partial charge in [-0.1, -0.05) is 24.3 Å². The summed E-state index contributed by atoms with van der Waals surface area (Å²) in [6, 6.07) is 17.3. The Kier molecular flexibility index (Phi) is 6.86. The number of amides is 1. The molecular formula is C21H21N5OS2. The van der Waals surface area contributed by atoms with Crippen molar-refractivity contribution < 1.29 is 4.79 Å². The Bertz CT molecular complexity index is 1090. The molecule has 0 aliphatic heterocycles. The van der Waals surface area contributed by atoms with Gasteiger partial charge in [-0.25, -0.2) is 0 Å². The summed E-state index contributed by atoms with van der Waals surface area (Å²) >= 11 is 6.84. The van der Waals surface area contributed by atoms with E-state index in [1.54, 1.807) is 23.9 Å². The highest BCUT2D eigenvalue weighted by Gasteiger charge is 2.14. The van der Waals surface area contributed by atoms with Gasteiger partial charge < -0.3 is 9.88 Å². The molecule has 8 heteroatoms. The summed E-state index contributed by atoms with van der Waals surface area (Å²) in [5.41, 5.74) is 2.35. The average molecular weight is 424 g/mol. The fourth-order valence-electron chi connectivity index (χ4n) is 2.87. The molecule has 0 unspecified atom stereocenters. The summed E-state index contributed by atoms with van der Waals surface area (Å²) in [6.07, 6.45) is 0. The number of carbonyl (C=O) groups is 1. The second-order valence-electron chi connectivity index (χ2n) is 6.68. The second-order valence-corrected chi connectivity index (χ2v) is 8.09. The van der Waals surface area contributed by atoms with Crippen LogP contribution in [-0.2, 0) is 12.3 Å². The van der Waals surface area contributed by atoms with Crippen molar-refractivity contribution in [2.24, 2.45) is 0 Å². The van der Waals surface area contributed by atoms with Crippen LogP contribution < -0.4 is 5.32 Å². The normalized spacial score (nSPS) is 10.7. The lowest BCUT2D eigenvalue weighted by Crippen LogP contribution is -2.25. The van der Waals surface area contributed by atoms with Crippen LogP contribution in [0, 0.1) is 16.1 Å². The first kappa shape index (κ1) is 20.8. The Morgan fingerprint density at radius 1 is 1.28 bits per heavy atom. The predicted octanol–water partition coefficient (Wildman–Crippen LogP) is 4.62. The van der Waals surface area contributed by atoms with Crippen LogP contribution in [0.1, 0.15) is 47.2 Å². The quantitative estimate of drug-likeness (QED) is 0.428. The number of hydrogen-bond donors (Lipinski definition) is 2. The van der Waals surface area contributed by atoms with Crippen LogP contribution in [0.15, 0.2) is 53.4 Å². The number of nitrogens with one attached hydrogen (secondary N) is 2. The highest BCUT2D eigenvalue weighted by Crippen LogP contribution is 2.26. The number of benzene rings is 2. The fraction of sp³-hybridized carbons (Fsp3) is 0.238. The van der Waals surface area contributed by atoms with Gasteiger partial charge in [0.1, 0.15) is 0 Å². The molecule has 2 N–H and O–H groups in total. The molecule has 148 valence electrons. The summed E-state index contributed by atoms with van der Waals surface area (Å²) in [4.78, 5) is 13.7. The molecule has 0 spiro atoms. The smallest absolute Gasteiger partial charge is 0.252 e. The molecular weight excluding hydrogens is 402 g/mol. The molecule has 0 aliphatic carbocycles. The van der Waals surface area contributed by atoms with E-state index in [2.05, 4.69) is 21.6 Å². The summed E-state index contributed by atoms with van der Waals surface area (Å²) in [7, 11) is 0. The molecule has 0 aliphatic rings. The molecule has 2 aromatic carbocycles. The monoisotopic (exact) mass is 423 g/mol. The fourth-order valence-corrected chi connectivity index (χ4v) is 4.23. The molecule has 0 saturated heterocycles. The Morgan fingerprint density at radius 3 is 2.69 bits per heavy atom. The van der Waals surface area contributed by atoms with Crippen LogP contribution in [-0.4, -0.2) is 20.7 Å². The van der Waals surface area contributed by atoms with Gasteiger partial charge in [0.05, 0.1) is 23.7 Å². The van der Waals surface area contributed by atoms with Gasteiger partial charge in [0.15, 0.2) is 10.6 Å². The minimum absolute atomic E-state index is 0.155. The van der Waals surface area contributed by atoms with Crippen LogP contribution >= 0.6 is 24.0 Å². The van der Waals surface area contributed by atoms with E-state index in [4.69, 9.17) is 17.5 Å². The standard InChI is InChI=1S/C21H21N5OS2/c1-14(2)26-19(24-25-21(26)28)12-23-20(27)17-5-3-4-6-18(17)29-13-16-9-7-15(11-22)8-10-16/h3-10,14H,12-13H2,1-2H3,(H,23,27)(H,25,28). The van der Waals surface area contributed by atoms with Crippen LogP contribution in [0.25, 0.3) is 0 Å². The molecule has 3 aromatic rings. The van der Waals surface area contributed by atoms with Gasteiger partial charge in [-0.2, -0.15) is 10.4 Å². The summed E-state index contributed by atoms with van der Waals surface area (Å²) < 4.78 is 2.43. The van der Waals surface area contributed by atoms with Crippen molar-refractivity contribution in [3.05, 3.63) is 75.8 Å². The Labute approximate surface area is 179 Å². The number of H-pyrrole nitrogens is 1. The molecule has 0 saturated carbocycles. The van der Waals surface area contributed by atoms with E-state index in [0.29, 0.717) is 34.0 Å². The van der Waals surface area contributed by atoms with Gasteiger partial charge in [0, 0.05) is 16.7 Å². The predicted molar refractivity (Wildman–Crippen MR) is 116 cm³/mol. The number of hydrogen-bond acceptors (Lipinski definition) is 5. The van der Waals surface area contributed by atoms with Crippen LogP contribution in [0.3, 0.4) is 0 Å². The summed E-state index contributed by atoms with van der Waals surface area (Å²) in [5.74, 6) is 1.25. The van der Waals surface area contributed by atoms with Crippen molar-refractivity contribution >= 4 is 29.9 Å². The lowest BCUT2D eigenvalue weighted by Gasteiger charge is -2.12. The molecule has 0 bridgehead atoms. The minimum atomic E-state index is -0.155. The van der Waals surface area contributed by atoms with Crippen molar-refractivity contribution in [2.45, 2.75) is 37.1 Å². The Morgan fingerprint density at radius 2 is 2.00 bits per heavy atom. The van der Waals surface area contributed by atoms with Gasteiger partial charge in [-0.15, -0.1) is 11.8 Å². The van der Waals surface area contributed by atoms with E-state index in [1.165, 1.54) is 0 Å². The number of rotatable bonds is 7. The van der Waals surface area contributed by atoms with Gasteiger partial charge in [-0.05, 0) is 55.9 Å². The molecule has 0 atom stereocenters. The molecule has 6 nitrogen and oxygen atoms in total. The summed E-state index contributed by atoms with van der Waals surface area (Å²) in [6.45, 7) is 4.33. The zero-order chi connectivity index (χ0) is 20.8. The van der Waals surface area contributed by atoms with Crippen LogP contribution in [0.2, 0.25) is 0 Å². The number of aromatic amines is 1. The van der Waals surface area contributed by atoms with Crippen molar-refractivity contribution in [3.8, 4) is 6.07 Å². The van der Waals surface area contributed by atoms with E-state index in [-0.39, 0.29) is 11.9 Å². The first-order chi connectivity index (χ1) is 14.0. The van der Waals surface area contributed by atoms with E-state index in [0.717, 1.165) is 10.5 Å². The molecule has 3 rings (SSSR count). The second kappa shape index (κ2) is 9.54. The van der Waals surface area contributed by atoms with E-state index < -0.39 is 0 Å². The largest absolute Gasteiger partial charge is 0.345 e. The number of thioether (sulfide) groups is 1. The first-order valence-corrected chi connectivity index (χ1v) is 10.5. The minimum Gasteiger partial charge on any atom is -0.345 e. The average Bonchev–Trinajstić information content (AvgIpc) is 3.11. The highest BCUT2D eigenvalue weighted by atomic mass is 32.2. The maximum Gasteiger partial charge on any atom is 0.252 e. The SMILES string of the molecule is CC(C)n1c(CNC(=O)c2ccccc2SCc2ccc(C#N)cc2)n[nH]c1=S. The molecule has 0 fully saturated rings. The number of carbonyl (C=O) groups excluding carboxylic acids is 1. The maximum atomic E-state index is 12.8. The topological polar surface area (TPSA) is 86.5 Å². The molecule has 0 radical (unpaired) electrons. The third-order valence-electron chi connectivity index (χ3n) is 4.31. The van der Waals surface area contributed by atoms with Crippen molar-refractivity contribution in [1.29, 1.82) is 5.26 Å². The van der Waals surface area contributed by atoms with Gasteiger partial charge in [0.25, 0.3) is 5.91 Å².